The summed E-state index contributed by atoms with van der Waals surface area (Å²) in [5.41, 5.74) is 10.5. The maximum absolute atomic E-state index is 3.56. The van der Waals surface area contributed by atoms with Crippen molar-refractivity contribution in [3.63, 3.8) is 0 Å². The number of nitrogens with one attached hydrogen (secondary N) is 3. The molecule has 0 radical (unpaired) electrons. The summed E-state index contributed by atoms with van der Waals surface area (Å²) in [6.45, 7) is 16.8. The molecule has 0 fully saturated rings. The van der Waals surface area contributed by atoms with Crippen LogP contribution < -0.4 is 40.8 Å². The summed E-state index contributed by atoms with van der Waals surface area (Å²) in [5, 5.41) is 10.6. The van der Waals surface area contributed by atoms with E-state index >= 15 is 0 Å². The van der Waals surface area contributed by atoms with E-state index in [1.165, 1.54) is 44.8 Å². The van der Waals surface area contributed by atoms with Crippen LogP contribution in [0.4, 0.5) is 11.4 Å². The molecule has 0 aromatic heterocycles. The minimum atomic E-state index is 0. The van der Waals surface area contributed by atoms with Gasteiger partial charge in [0.05, 0.1) is 0 Å². The maximum atomic E-state index is 3.56. The molecule has 2 aromatic carbocycles. The summed E-state index contributed by atoms with van der Waals surface area (Å²) in [5.74, 6) is 0. The van der Waals surface area contributed by atoms with Gasteiger partial charge in [-0.05, 0) is 63.8 Å². The standard InChI is InChI=1S/C22H33N3.2ClH.Pt/c1-15-11-17(3)21(18(4)12-15)24-9-7-23-8-10-25-22-19(5)13-16(2)14-20(22)6;;;/h11-14,23-25H,7-10H2,1-6H3;2*1H;/q;;;+2/p-2. The molecule has 2 aromatic rings. The topological polar surface area (TPSA) is 36.1 Å². The molecular weight excluding hydrogens is 572 g/mol. The molecule has 0 heterocycles. The average molecular weight is 606 g/mol. The van der Waals surface area contributed by atoms with Gasteiger partial charge in [0.2, 0.25) is 0 Å². The molecule has 0 aliphatic heterocycles. The largest absolute Gasteiger partial charge is 2.00 e. The number of aryl methyl sites for hydroxylation is 6. The van der Waals surface area contributed by atoms with E-state index in [2.05, 4.69) is 81.8 Å². The van der Waals surface area contributed by atoms with E-state index in [4.69, 9.17) is 0 Å². The Morgan fingerprint density at radius 1 is 0.536 bits per heavy atom. The Hall–Kier alpha value is -0.732. The number of halogens is 2. The monoisotopic (exact) mass is 604 g/mol. The Kier molecular flexibility index (Phi) is 15.0. The van der Waals surface area contributed by atoms with Crippen molar-refractivity contribution < 1.29 is 45.9 Å². The summed E-state index contributed by atoms with van der Waals surface area (Å²) in [6.07, 6.45) is 0. The second kappa shape index (κ2) is 14.3. The Labute approximate surface area is 197 Å². The zero-order chi connectivity index (χ0) is 18.4. The first-order chi connectivity index (χ1) is 11.9. The number of anilines is 2. The van der Waals surface area contributed by atoms with E-state index in [-0.39, 0.29) is 45.9 Å². The van der Waals surface area contributed by atoms with Crippen molar-refractivity contribution in [2.45, 2.75) is 41.5 Å². The van der Waals surface area contributed by atoms with Crippen LogP contribution in [0.1, 0.15) is 33.4 Å². The fourth-order valence-electron chi connectivity index (χ4n) is 3.59. The minimum absolute atomic E-state index is 0. The molecule has 6 heteroatoms. The molecule has 0 aliphatic carbocycles. The summed E-state index contributed by atoms with van der Waals surface area (Å²) >= 11 is 0. The van der Waals surface area contributed by atoms with Crippen molar-refractivity contribution in [3.8, 4) is 0 Å². The second-order valence-electron chi connectivity index (χ2n) is 7.15. The third kappa shape index (κ3) is 8.74. The number of hydrogen-bond donors (Lipinski definition) is 3. The minimum Gasteiger partial charge on any atom is -1.00 e. The smallest absolute Gasteiger partial charge is 1.00 e. The van der Waals surface area contributed by atoms with Crippen LogP contribution in [-0.2, 0) is 21.1 Å². The number of hydrogen-bond acceptors (Lipinski definition) is 3. The third-order valence-electron chi connectivity index (χ3n) is 4.56. The predicted octanol–water partition coefficient (Wildman–Crippen LogP) is -1.34. The molecule has 0 saturated carbocycles. The Morgan fingerprint density at radius 3 is 1.11 bits per heavy atom. The van der Waals surface area contributed by atoms with Crippen LogP contribution in [0.5, 0.6) is 0 Å². The predicted molar refractivity (Wildman–Crippen MR) is 111 cm³/mol. The van der Waals surface area contributed by atoms with Gasteiger partial charge >= 0.3 is 21.1 Å². The molecule has 0 unspecified atom stereocenters. The second-order valence-corrected chi connectivity index (χ2v) is 7.15. The molecule has 0 amide bonds. The molecule has 3 nitrogen and oxygen atoms in total. The summed E-state index contributed by atoms with van der Waals surface area (Å²) in [7, 11) is 0. The summed E-state index contributed by atoms with van der Waals surface area (Å²) < 4.78 is 0. The summed E-state index contributed by atoms with van der Waals surface area (Å²) in [6, 6.07) is 8.94. The van der Waals surface area contributed by atoms with Crippen molar-refractivity contribution in [1.29, 1.82) is 0 Å². The van der Waals surface area contributed by atoms with Gasteiger partial charge in [0, 0.05) is 37.6 Å². The quantitative estimate of drug-likeness (QED) is 0.327. The zero-order valence-corrected chi connectivity index (χ0v) is 21.5. The Bertz CT molecular complexity index is 628. The Balaban J connectivity index is 0. The van der Waals surface area contributed by atoms with E-state index in [0.29, 0.717) is 0 Å². The van der Waals surface area contributed by atoms with E-state index < -0.39 is 0 Å². The van der Waals surface area contributed by atoms with Gasteiger partial charge in [-0.3, -0.25) is 0 Å². The normalized spacial score (nSPS) is 9.64. The van der Waals surface area contributed by atoms with Gasteiger partial charge in [-0.15, -0.1) is 0 Å². The van der Waals surface area contributed by atoms with Gasteiger partial charge in [0.1, 0.15) is 0 Å². The van der Waals surface area contributed by atoms with Crippen molar-refractivity contribution >= 4 is 11.4 Å². The van der Waals surface area contributed by atoms with E-state index in [1.54, 1.807) is 0 Å². The maximum Gasteiger partial charge on any atom is 2.00 e. The van der Waals surface area contributed by atoms with Gasteiger partial charge in [-0.1, -0.05) is 35.4 Å². The zero-order valence-electron chi connectivity index (χ0n) is 17.7. The number of rotatable bonds is 8. The molecule has 0 bridgehead atoms. The fraction of sp³-hybridized carbons (Fsp3) is 0.455. The first-order valence-electron chi connectivity index (χ1n) is 9.22. The van der Waals surface area contributed by atoms with Crippen molar-refractivity contribution in [2.75, 3.05) is 36.8 Å². The van der Waals surface area contributed by atoms with Crippen LogP contribution >= 0.6 is 0 Å². The molecule has 3 N–H and O–H groups in total. The van der Waals surface area contributed by atoms with Gasteiger partial charge in [-0.25, -0.2) is 0 Å². The molecule has 2 rings (SSSR count). The van der Waals surface area contributed by atoms with Crippen molar-refractivity contribution in [3.05, 3.63) is 57.6 Å². The summed E-state index contributed by atoms with van der Waals surface area (Å²) in [4.78, 5) is 0. The number of benzene rings is 2. The molecule has 0 spiro atoms. The fourth-order valence-corrected chi connectivity index (χ4v) is 3.59. The van der Waals surface area contributed by atoms with E-state index in [0.717, 1.165) is 26.2 Å². The van der Waals surface area contributed by atoms with Gasteiger partial charge in [0.25, 0.3) is 0 Å². The van der Waals surface area contributed by atoms with Gasteiger partial charge in [-0.2, -0.15) is 0 Å². The molecule has 0 aliphatic rings. The molecule has 0 saturated heterocycles. The van der Waals surface area contributed by atoms with Gasteiger partial charge < -0.3 is 40.8 Å². The first-order valence-corrected chi connectivity index (χ1v) is 9.22. The van der Waals surface area contributed by atoms with Crippen molar-refractivity contribution in [2.24, 2.45) is 0 Å². The molecular formula is C22H33Cl2N3Pt. The first kappa shape index (κ1) is 29.5. The van der Waals surface area contributed by atoms with E-state index in [9.17, 15) is 0 Å². The van der Waals surface area contributed by atoms with Crippen LogP contribution in [0.15, 0.2) is 24.3 Å². The SMILES string of the molecule is Cc1cc(C)c(NCCNCCNc2c(C)cc(C)cc2C)c(C)c1.[Cl-].[Cl-].[Pt+2]. The van der Waals surface area contributed by atoms with Crippen LogP contribution in [-0.4, -0.2) is 26.2 Å². The van der Waals surface area contributed by atoms with Crippen molar-refractivity contribution in [1.82, 2.24) is 5.32 Å². The van der Waals surface area contributed by atoms with Crippen LogP contribution in [0.25, 0.3) is 0 Å². The molecule has 0 atom stereocenters. The van der Waals surface area contributed by atoms with Crippen LogP contribution in [0.3, 0.4) is 0 Å². The van der Waals surface area contributed by atoms with Crippen LogP contribution in [0, 0.1) is 41.5 Å². The average Bonchev–Trinajstić information content (AvgIpc) is 2.50. The van der Waals surface area contributed by atoms with E-state index in [1.807, 2.05) is 0 Å². The molecule has 28 heavy (non-hydrogen) atoms. The van der Waals surface area contributed by atoms with Crippen LogP contribution in [0.2, 0.25) is 0 Å². The molecule has 160 valence electrons. The third-order valence-corrected chi connectivity index (χ3v) is 4.56. The Morgan fingerprint density at radius 2 is 0.821 bits per heavy atom. The van der Waals surface area contributed by atoms with Gasteiger partial charge in [0.15, 0.2) is 0 Å².